The summed E-state index contributed by atoms with van der Waals surface area (Å²) >= 11 is 0. The highest BCUT2D eigenvalue weighted by Gasteiger charge is 1.69. The van der Waals surface area contributed by atoms with Gasteiger partial charge in [-0.25, -0.2) is 0 Å². The van der Waals surface area contributed by atoms with Crippen LogP contribution in [0.1, 0.15) is 6.42 Å². The summed E-state index contributed by atoms with van der Waals surface area (Å²) < 4.78 is 0. The third-order valence-corrected chi connectivity index (χ3v) is 1.32. The van der Waals surface area contributed by atoms with Crippen molar-refractivity contribution in [2.24, 2.45) is 0 Å². The van der Waals surface area contributed by atoms with E-state index in [-0.39, 0.29) is 0 Å². The van der Waals surface area contributed by atoms with Gasteiger partial charge >= 0.3 is 0 Å². The minimum atomic E-state index is 1.01. The van der Waals surface area contributed by atoms with Gasteiger partial charge in [0.25, 0.3) is 0 Å². The Labute approximate surface area is 67.9 Å². The third kappa shape index (κ3) is 4.15. The number of hydrogen-bond acceptors (Lipinski definition) is 0. The van der Waals surface area contributed by atoms with Gasteiger partial charge in [-0.15, -0.1) is 0 Å². The molecule has 0 saturated carbocycles. The second-order valence-electron chi connectivity index (χ2n) is 2.25. The molecule has 0 N–H and O–H groups in total. The van der Waals surface area contributed by atoms with E-state index in [0.717, 1.165) is 6.42 Å². The summed E-state index contributed by atoms with van der Waals surface area (Å²) in [7, 11) is 0. The molecule has 0 radical (unpaired) electrons. The molecule has 0 unspecified atom stereocenters. The average molecular weight is 144 g/mol. The molecule has 0 fully saturated rings. The predicted molar refractivity (Wildman–Crippen MR) is 50.3 cm³/mol. The highest BCUT2D eigenvalue weighted by molar-refractivity contribution is 5.19. The highest BCUT2D eigenvalue weighted by Crippen LogP contribution is 1.90. The van der Waals surface area contributed by atoms with Gasteiger partial charge in [0.1, 0.15) is 0 Å². The van der Waals surface area contributed by atoms with Gasteiger partial charge in [0.05, 0.1) is 0 Å². The Kier molecular flexibility index (Phi) is 3.89. The lowest BCUT2D eigenvalue weighted by Gasteiger charge is -1.76. The van der Waals surface area contributed by atoms with Crippen molar-refractivity contribution in [2.75, 3.05) is 0 Å². The van der Waals surface area contributed by atoms with Crippen LogP contribution in [0.5, 0.6) is 0 Å². The van der Waals surface area contributed by atoms with Crippen molar-refractivity contribution in [3.63, 3.8) is 0 Å². The topological polar surface area (TPSA) is 0 Å². The lowest BCUT2D eigenvalue weighted by molar-refractivity contribution is 1.39. The maximum atomic E-state index is 2.12. The molecule has 0 heteroatoms. The summed E-state index contributed by atoms with van der Waals surface area (Å²) in [6, 6.07) is 0. The SMILES string of the molecule is C1=CC\C=C/C=C/C=C\C=C/1. The van der Waals surface area contributed by atoms with Crippen molar-refractivity contribution in [3.05, 3.63) is 60.8 Å². The minimum absolute atomic E-state index is 1.01. The lowest BCUT2D eigenvalue weighted by atomic mass is 10.3. The molecule has 0 aromatic heterocycles. The summed E-state index contributed by atoms with van der Waals surface area (Å²) in [5, 5.41) is 0. The molecular formula is C11H12. The van der Waals surface area contributed by atoms with Gasteiger partial charge in [0.2, 0.25) is 0 Å². The Morgan fingerprint density at radius 2 is 0.818 bits per heavy atom. The van der Waals surface area contributed by atoms with Crippen LogP contribution >= 0.6 is 0 Å². The zero-order valence-electron chi connectivity index (χ0n) is 6.48. The van der Waals surface area contributed by atoms with E-state index in [1.54, 1.807) is 0 Å². The first kappa shape index (κ1) is 7.80. The Hall–Kier alpha value is -1.30. The van der Waals surface area contributed by atoms with Gasteiger partial charge in [0.15, 0.2) is 0 Å². The van der Waals surface area contributed by atoms with Crippen LogP contribution in [0.4, 0.5) is 0 Å². The van der Waals surface area contributed by atoms with Crippen LogP contribution in [0.25, 0.3) is 0 Å². The second-order valence-corrected chi connectivity index (χ2v) is 2.25. The van der Waals surface area contributed by atoms with Crippen LogP contribution < -0.4 is 0 Å². The standard InChI is InChI=1S/C11H12/c1-2-4-6-8-10-11-9-7-5-3-1/h1-10H,11H2/b2-1-,5-3-,6-4+,9-7?,10-8-. The molecule has 0 heterocycles. The van der Waals surface area contributed by atoms with Gasteiger partial charge in [-0.1, -0.05) is 60.8 Å². The largest absolute Gasteiger partial charge is 0.0807 e. The van der Waals surface area contributed by atoms with Crippen molar-refractivity contribution in [1.82, 2.24) is 0 Å². The quantitative estimate of drug-likeness (QED) is 0.490. The summed E-state index contributed by atoms with van der Waals surface area (Å²) in [4.78, 5) is 0. The van der Waals surface area contributed by atoms with E-state index in [0.29, 0.717) is 0 Å². The monoisotopic (exact) mass is 144 g/mol. The zero-order chi connectivity index (χ0) is 7.78. The Morgan fingerprint density at radius 3 is 1.27 bits per heavy atom. The Bertz CT molecular complexity index is 200. The first-order valence-corrected chi connectivity index (χ1v) is 3.82. The molecule has 0 aliphatic heterocycles. The lowest BCUT2D eigenvalue weighted by Crippen LogP contribution is -1.55. The third-order valence-electron chi connectivity index (χ3n) is 1.32. The van der Waals surface area contributed by atoms with Crippen LogP contribution in [0.15, 0.2) is 60.8 Å². The fourth-order valence-corrected chi connectivity index (χ4v) is 0.778. The summed E-state index contributed by atoms with van der Waals surface area (Å²) in [5.41, 5.74) is 0. The molecule has 0 aromatic carbocycles. The van der Waals surface area contributed by atoms with Gasteiger partial charge in [0, 0.05) is 0 Å². The van der Waals surface area contributed by atoms with E-state index in [1.807, 2.05) is 36.5 Å². The van der Waals surface area contributed by atoms with Crippen LogP contribution in [-0.4, -0.2) is 0 Å². The molecular weight excluding hydrogens is 132 g/mol. The van der Waals surface area contributed by atoms with Crippen molar-refractivity contribution in [2.45, 2.75) is 6.42 Å². The molecule has 0 nitrogen and oxygen atoms in total. The molecule has 1 aliphatic rings. The van der Waals surface area contributed by atoms with E-state index >= 15 is 0 Å². The molecule has 56 valence electrons. The smallest absolute Gasteiger partial charge is 0.0163 e. The summed E-state index contributed by atoms with van der Waals surface area (Å²) in [6.07, 6.45) is 21.5. The maximum Gasteiger partial charge on any atom is -0.0163 e. The molecule has 0 aromatic rings. The van der Waals surface area contributed by atoms with E-state index in [1.165, 1.54) is 0 Å². The number of rotatable bonds is 0. The molecule has 0 spiro atoms. The van der Waals surface area contributed by atoms with E-state index in [2.05, 4.69) is 24.3 Å². The number of allylic oxidation sites excluding steroid dienone is 10. The highest BCUT2D eigenvalue weighted by atomic mass is 13.8. The van der Waals surface area contributed by atoms with Crippen molar-refractivity contribution < 1.29 is 0 Å². The Morgan fingerprint density at radius 1 is 0.455 bits per heavy atom. The Balaban J connectivity index is 2.61. The van der Waals surface area contributed by atoms with E-state index < -0.39 is 0 Å². The average Bonchev–Trinajstić information content (AvgIpc) is 2.08. The normalized spacial score (nSPS) is 28.4. The molecule has 1 aliphatic carbocycles. The first-order chi connectivity index (χ1) is 5.50. The first-order valence-electron chi connectivity index (χ1n) is 3.82. The van der Waals surface area contributed by atoms with Gasteiger partial charge in [-0.2, -0.15) is 0 Å². The van der Waals surface area contributed by atoms with Gasteiger partial charge in [-0.05, 0) is 6.42 Å². The molecule has 0 saturated heterocycles. The second kappa shape index (κ2) is 5.48. The molecule has 0 atom stereocenters. The molecule has 1 rings (SSSR count). The fourth-order valence-electron chi connectivity index (χ4n) is 0.778. The van der Waals surface area contributed by atoms with Crippen molar-refractivity contribution >= 4 is 0 Å². The fraction of sp³-hybridized carbons (Fsp3) is 0.0909. The van der Waals surface area contributed by atoms with E-state index in [4.69, 9.17) is 0 Å². The zero-order valence-corrected chi connectivity index (χ0v) is 6.48. The summed E-state index contributed by atoms with van der Waals surface area (Å²) in [6.45, 7) is 0. The van der Waals surface area contributed by atoms with Crippen LogP contribution in [0.3, 0.4) is 0 Å². The molecule has 11 heavy (non-hydrogen) atoms. The van der Waals surface area contributed by atoms with Crippen LogP contribution in [0.2, 0.25) is 0 Å². The molecule has 0 bridgehead atoms. The van der Waals surface area contributed by atoms with Gasteiger partial charge in [-0.3, -0.25) is 0 Å². The summed E-state index contributed by atoms with van der Waals surface area (Å²) in [5.74, 6) is 0. The van der Waals surface area contributed by atoms with Crippen LogP contribution in [0, 0.1) is 0 Å². The van der Waals surface area contributed by atoms with Crippen LogP contribution in [-0.2, 0) is 0 Å². The maximum absolute atomic E-state index is 2.12. The number of hydrogen-bond donors (Lipinski definition) is 0. The van der Waals surface area contributed by atoms with Crippen molar-refractivity contribution in [3.8, 4) is 0 Å². The van der Waals surface area contributed by atoms with E-state index in [9.17, 15) is 0 Å². The predicted octanol–water partition coefficient (Wildman–Crippen LogP) is 3.17. The molecule has 0 amide bonds. The minimum Gasteiger partial charge on any atom is -0.0807 e. The van der Waals surface area contributed by atoms with Crippen molar-refractivity contribution in [1.29, 1.82) is 0 Å². The van der Waals surface area contributed by atoms with Gasteiger partial charge < -0.3 is 0 Å².